The van der Waals surface area contributed by atoms with Crippen LogP contribution < -0.4 is 5.32 Å². The van der Waals surface area contributed by atoms with E-state index in [1.165, 1.54) is 0 Å². The Morgan fingerprint density at radius 2 is 2.16 bits per heavy atom. The third-order valence-corrected chi connectivity index (χ3v) is 3.66. The van der Waals surface area contributed by atoms with Gasteiger partial charge in [-0.05, 0) is 30.4 Å². The van der Waals surface area contributed by atoms with E-state index in [0.29, 0.717) is 18.8 Å². The molecular weight excluding hydrogens is 244 g/mol. The topological polar surface area (TPSA) is 62.6 Å². The molecule has 2 rings (SSSR count). The van der Waals surface area contributed by atoms with Gasteiger partial charge in [-0.3, -0.25) is 9.59 Å². The SMILES string of the molecule is CNC(=O)CC1CCN(C(=O)Cc2ccoc2)CC1. The highest BCUT2D eigenvalue weighted by Crippen LogP contribution is 2.21. The van der Waals surface area contributed by atoms with Gasteiger partial charge >= 0.3 is 0 Å². The summed E-state index contributed by atoms with van der Waals surface area (Å²) >= 11 is 0. The fraction of sp³-hybridized carbons (Fsp3) is 0.571. The summed E-state index contributed by atoms with van der Waals surface area (Å²) in [6.45, 7) is 1.50. The van der Waals surface area contributed by atoms with Crippen molar-refractivity contribution in [2.45, 2.75) is 25.7 Å². The minimum Gasteiger partial charge on any atom is -0.472 e. The van der Waals surface area contributed by atoms with Gasteiger partial charge in [0.25, 0.3) is 0 Å². The van der Waals surface area contributed by atoms with Crippen LogP contribution in [-0.2, 0) is 16.0 Å². The number of carbonyl (C=O) groups is 2. The van der Waals surface area contributed by atoms with E-state index in [1.54, 1.807) is 19.6 Å². The van der Waals surface area contributed by atoms with Gasteiger partial charge in [0.2, 0.25) is 11.8 Å². The van der Waals surface area contributed by atoms with Crippen LogP contribution in [0.1, 0.15) is 24.8 Å². The van der Waals surface area contributed by atoms with Crippen molar-refractivity contribution in [3.8, 4) is 0 Å². The summed E-state index contributed by atoms with van der Waals surface area (Å²) in [7, 11) is 1.66. The van der Waals surface area contributed by atoms with Crippen molar-refractivity contribution < 1.29 is 14.0 Å². The van der Waals surface area contributed by atoms with E-state index in [4.69, 9.17) is 4.42 Å². The number of amides is 2. The Kier molecular flexibility index (Phi) is 4.60. The molecule has 1 fully saturated rings. The summed E-state index contributed by atoms with van der Waals surface area (Å²) in [5.74, 6) is 0.626. The Hall–Kier alpha value is -1.78. The third-order valence-electron chi connectivity index (χ3n) is 3.66. The number of carbonyl (C=O) groups excluding carboxylic acids is 2. The normalized spacial score (nSPS) is 16.4. The molecule has 1 aliphatic rings. The van der Waals surface area contributed by atoms with E-state index in [2.05, 4.69) is 5.32 Å². The van der Waals surface area contributed by atoms with Gasteiger partial charge in [0.05, 0.1) is 18.9 Å². The zero-order chi connectivity index (χ0) is 13.7. The van der Waals surface area contributed by atoms with E-state index in [0.717, 1.165) is 31.5 Å². The van der Waals surface area contributed by atoms with Crippen LogP contribution in [0.3, 0.4) is 0 Å². The van der Waals surface area contributed by atoms with E-state index < -0.39 is 0 Å². The Morgan fingerprint density at radius 1 is 1.42 bits per heavy atom. The van der Waals surface area contributed by atoms with Crippen molar-refractivity contribution in [1.82, 2.24) is 10.2 Å². The van der Waals surface area contributed by atoms with Gasteiger partial charge in [-0.15, -0.1) is 0 Å². The highest BCUT2D eigenvalue weighted by Gasteiger charge is 2.24. The van der Waals surface area contributed by atoms with Crippen LogP contribution in [0.5, 0.6) is 0 Å². The van der Waals surface area contributed by atoms with Gasteiger partial charge in [0, 0.05) is 26.6 Å². The van der Waals surface area contributed by atoms with Crippen molar-refractivity contribution in [3.05, 3.63) is 24.2 Å². The van der Waals surface area contributed by atoms with E-state index in [9.17, 15) is 9.59 Å². The number of furan rings is 1. The zero-order valence-electron chi connectivity index (χ0n) is 11.2. The average Bonchev–Trinajstić information content (AvgIpc) is 2.92. The maximum atomic E-state index is 12.1. The maximum Gasteiger partial charge on any atom is 0.227 e. The second kappa shape index (κ2) is 6.41. The lowest BCUT2D eigenvalue weighted by atomic mass is 9.93. The maximum absolute atomic E-state index is 12.1. The van der Waals surface area contributed by atoms with E-state index in [1.807, 2.05) is 11.0 Å². The molecular formula is C14H20N2O3. The summed E-state index contributed by atoms with van der Waals surface area (Å²) in [6.07, 6.45) is 5.97. The predicted octanol–water partition coefficient (Wildman–Crippen LogP) is 1.20. The molecule has 0 aromatic carbocycles. The van der Waals surface area contributed by atoms with Crippen LogP contribution in [-0.4, -0.2) is 36.9 Å². The number of rotatable bonds is 4. The smallest absolute Gasteiger partial charge is 0.227 e. The molecule has 1 aromatic heterocycles. The summed E-state index contributed by atoms with van der Waals surface area (Å²) < 4.78 is 4.96. The lowest BCUT2D eigenvalue weighted by molar-refractivity contribution is -0.132. The van der Waals surface area contributed by atoms with Crippen LogP contribution in [0.2, 0.25) is 0 Å². The van der Waals surface area contributed by atoms with Gasteiger partial charge < -0.3 is 14.6 Å². The van der Waals surface area contributed by atoms with Gasteiger partial charge in [-0.1, -0.05) is 0 Å². The fourth-order valence-electron chi connectivity index (χ4n) is 2.43. The largest absolute Gasteiger partial charge is 0.472 e. The lowest BCUT2D eigenvalue weighted by Gasteiger charge is -2.31. The van der Waals surface area contributed by atoms with Crippen LogP contribution in [0.15, 0.2) is 23.0 Å². The van der Waals surface area contributed by atoms with Crippen LogP contribution in [0.25, 0.3) is 0 Å². The average molecular weight is 264 g/mol. The molecule has 0 atom stereocenters. The minimum absolute atomic E-state index is 0.0863. The van der Waals surface area contributed by atoms with Crippen LogP contribution >= 0.6 is 0 Å². The first-order chi connectivity index (χ1) is 9.19. The second-order valence-corrected chi connectivity index (χ2v) is 5.01. The Labute approximate surface area is 113 Å². The predicted molar refractivity (Wildman–Crippen MR) is 70.4 cm³/mol. The van der Waals surface area contributed by atoms with Crippen molar-refractivity contribution in [2.75, 3.05) is 20.1 Å². The van der Waals surface area contributed by atoms with E-state index >= 15 is 0 Å². The Balaban J connectivity index is 1.76. The highest BCUT2D eigenvalue weighted by molar-refractivity contribution is 5.79. The number of hydrogen-bond acceptors (Lipinski definition) is 3. The summed E-state index contributed by atoms with van der Waals surface area (Å²) in [5.41, 5.74) is 0.914. The monoisotopic (exact) mass is 264 g/mol. The summed E-state index contributed by atoms with van der Waals surface area (Å²) in [6, 6.07) is 1.82. The van der Waals surface area contributed by atoms with Crippen LogP contribution in [0, 0.1) is 5.92 Å². The molecule has 0 radical (unpaired) electrons. The lowest BCUT2D eigenvalue weighted by Crippen LogP contribution is -2.40. The third kappa shape index (κ3) is 3.84. The molecule has 0 saturated carbocycles. The number of likely N-dealkylation sites (tertiary alicyclic amines) is 1. The molecule has 0 aliphatic carbocycles. The standard InChI is InChI=1S/C14H20N2O3/c1-15-13(17)8-11-2-5-16(6-3-11)14(18)9-12-4-7-19-10-12/h4,7,10-11H,2-3,5-6,8-9H2,1H3,(H,15,17). The molecule has 5 heteroatoms. The van der Waals surface area contributed by atoms with Crippen molar-refractivity contribution in [3.63, 3.8) is 0 Å². The number of piperidine rings is 1. The number of nitrogens with zero attached hydrogens (tertiary/aromatic N) is 1. The summed E-state index contributed by atoms with van der Waals surface area (Å²) in [5, 5.41) is 2.65. The number of hydrogen-bond donors (Lipinski definition) is 1. The Morgan fingerprint density at radius 3 is 2.74 bits per heavy atom. The van der Waals surface area contributed by atoms with Gasteiger partial charge in [0.15, 0.2) is 0 Å². The molecule has 2 heterocycles. The van der Waals surface area contributed by atoms with Crippen molar-refractivity contribution in [2.24, 2.45) is 5.92 Å². The molecule has 0 bridgehead atoms. The van der Waals surface area contributed by atoms with Gasteiger partial charge in [0.1, 0.15) is 0 Å². The molecule has 0 unspecified atom stereocenters. The number of nitrogens with one attached hydrogen (secondary N) is 1. The first-order valence-corrected chi connectivity index (χ1v) is 6.68. The molecule has 0 spiro atoms. The van der Waals surface area contributed by atoms with E-state index in [-0.39, 0.29) is 11.8 Å². The van der Waals surface area contributed by atoms with Gasteiger partial charge in [-0.2, -0.15) is 0 Å². The first-order valence-electron chi connectivity index (χ1n) is 6.68. The molecule has 5 nitrogen and oxygen atoms in total. The highest BCUT2D eigenvalue weighted by atomic mass is 16.3. The van der Waals surface area contributed by atoms with Crippen LogP contribution in [0.4, 0.5) is 0 Å². The molecule has 19 heavy (non-hydrogen) atoms. The second-order valence-electron chi connectivity index (χ2n) is 5.01. The zero-order valence-corrected chi connectivity index (χ0v) is 11.2. The minimum atomic E-state index is 0.0863. The molecule has 1 aliphatic heterocycles. The summed E-state index contributed by atoms with van der Waals surface area (Å²) in [4.78, 5) is 25.2. The quantitative estimate of drug-likeness (QED) is 0.888. The molecule has 104 valence electrons. The van der Waals surface area contributed by atoms with Crippen molar-refractivity contribution in [1.29, 1.82) is 0 Å². The fourth-order valence-corrected chi connectivity index (χ4v) is 2.43. The molecule has 1 N–H and O–H groups in total. The van der Waals surface area contributed by atoms with Crippen molar-refractivity contribution >= 4 is 11.8 Å². The van der Waals surface area contributed by atoms with Gasteiger partial charge in [-0.25, -0.2) is 0 Å². The molecule has 1 saturated heterocycles. The first kappa shape index (κ1) is 13.6. The molecule has 1 aromatic rings. The molecule has 2 amide bonds. The Bertz CT molecular complexity index is 420.